The number of alkyl halides is 3. The number of anilines is 3. The van der Waals surface area contributed by atoms with Gasteiger partial charge in [0.25, 0.3) is 11.8 Å². The summed E-state index contributed by atoms with van der Waals surface area (Å²) in [6.07, 6.45) is 20.7. The van der Waals surface area contributed by atoms with Gasteiger partial charge in [0.1, 0.15) is 69.6 Å². The second-order valence-corrected chi connectivity index (χ2v) is 32.3. The Kier molecular flexibility index (Phi) is 20.3. The number of amides is 2. The van der Waals surface area contributed by atoms with Crippen LogP contribution in [0.1, 0.15) is 124 Å². The lowest BCUT2D eigenvalue weighted by atomic mass is 10.1. The summed E-state index contributed by atoms with van der Waals surface area (Å²) < 4.78 is 74.3. The molecule has 12 aromatic heterocycles. The van der Waals surface area contributed by atoms with Gasteiger partial charge in [0.15, 0.2) is 26.8 Å². The Labute approximate surface area is 662 Å². The van der Waals surface area contributed by atoms with E-state index in [9.17, 15) is 41.1 Å². The number of nitrogens with zero attached hydrogens (tertiary/aromatic N) is 17. The fourth-order valence-electron chi connectivity index (χ4n) is 14.6. The van der Waals surface area contributed by atoms with Gasteiger partial charge in [-0.15, -0.1) is 0 Å². The highest BCUT2D eigenvalue weighted by atomic mass is 32.2. The van der Waals surface area contributed by atoms with Crippen molar-refractivity contribution in [2.75, 3.05) is 36.3 Å². The average molecular weight is 1590 g/mol. The summed E-state index contributed by atoms with van der Waals surface area (Å²) in [4.78, 5) is 70.3. The van der Waals surface area contributed by atoms with E-state index in [2.05, 4.69) is 125 Å². The molecule has 6 aliphatic carbocycles. The van der Waals surface area contributed by atoms with Gasteiger partial charge in [-0.05, 0) is 112 Å². The van der Waals surface area contributed by atoms with Crippen LogP contribution in [0.25, 0.3) is 83.8 Å². The molecule has 3 aromatic carbocycles. The molecule has 0 spiro atoms. The smallest absolute Gasteiger partial charge is 0.341 e. The molecule has 12 heterocycles. The third-order valence-electron chi connectivity index (χ3n) is 21.5. The minimum absolute atomic E-state index is 0.0790. The van der Waals surface area contributed by atoms with Crippen molar-refractivity contribution < 1.29 is 46.3 Å². The van der Waals surface area contributed by atoms with Gasteiger partial charge in [0.05, 0.1) is 57.9 Å². The number of halogens is 3. The molecule has 0 radical (unpaired) electrons. The minimum atomic E-state index is -3.41. The van der Waals surface area contributed by atoms with E-state index in [1.54, 1.807) is 45.1 Å². The van der Waals surface area contributed by atoms with Gasteiger partial charge < -0.3 is 49.8 Å². The Morgan fingerprint density at radius 3 is 1.24 bits per heavy atom. The quantitative estimate of drug-likeness (QED) is 0.0386. The van der Waals surface area contributed by atoms with Crippen molar-refractivity contribution in [1.82, 2.24) is 83.1 Å². The number of carbonyl (C=O) groups excluding carboxylic acids is 2. The van der Waals surface area contributed by atoms with E-state index in [1.165, 1.54) is 30.7 Å². The van der Waals surface area contributed by atoms with Gasteiger partial charge in [-0.1, -0.05) is 78.4 Å². The number of hydrogen-bond donors (Lipinski definition) is 6. The number of aromatic carboxylic acids is 1. The van der Waals surface area contributed by atoms with Crippen LogP contribution >= 0.6 is 0 Å². The molecule has 6 atom stereocenters. The molecule has 32 heteroatoms. The number of aryl methyl sites for hydroxylation is 1. The molecule has 6 aliphatic rings. The molecular formula is C84H82F3N21O7S. The fraction of sp³-hybridized carbons (Fsp3) is 0.286. The van der Waals surface area contributed by atoms with Crippen LogP contribution in [0, 0.1) is 6.92 Å². The monoisotopic (exact) mass is 1590 g/mol. The minimum Gasteiger partial charge on any atom is -0.477 e. The van der Waals surface area contributed by atoms with E-state index >= 15 is 0 Å². The predicted octanol–water partition coefficient (Wildman–Crippen LogP) is 13.1. The van der Waals surface area contributed by atoms with Gasteiger partial charge in [-0.2, -0.15) is 28.8 Å². The van der Waals surface area contributed by atoms with Gasteiger partial charge >= 0.3 is 5.97 Å². The largest absolute Gasteiger partial charge is 0.477 e. The number of carbonyl (C=O) groups is 3. The Hall–Kier alpha value is -12.9. The molecule has 0 saturated heterocycles. The Morgan fingerprint density at radius 1 is 0.500 bits per heavy atom. The van der Waals surface area contributed by atoms with Crippen LogP contribution in [-0.4, -0.2) is 166 Å². The van der Waals surface area contributed by atoms with Crippen LogP contribution in [0.2, 0.25) is 0 Å². The first-order valence-corrected chi connectivity index (χ1v) is 39.9. The summed E-state index contributed by atoms with van der Waals surface area (Å²) in [5.74, 6) is 4.01. The highest BCUT2D eigenvalue weighted by Gasteiger charge is 2.49. The maximum absolute atomic E-state index is 13.5. The fourth-order valence-corrected chi connectivity index (χ4v) is 16.3. The molecule has 2 amide bonds. The molecule has 1 unspecified atom stereocenters. The number of rotatable bonds is 20. The first-order chi connectivity index (χ1) is 56.3. The maximum Gasteiger partial charge on any atom is 0.341 e. The van der Waals surface area contributed by atoms with Crippen molar-refractivity contribution in [3.63, 3.8) is 0 Å². The summed E-state index contributed by atoms with van der Waals surface area (Å²) in [5, 5.41) is 40.3. The van der Waals surface area contributed by atoms with Crippen LogP contribution in [0.5, 0.6) is 0 Å². The Bertz CT molecular complexity index is 6360. The summed E-state index contributed by atoms with van der Waals surface area (Å²) >= 11 is 0. The lowest BCUT2D eigenvalue weighted by molar-refractivity contribution is 0.0698. The molecule has 15 aromatic rings. The zero-order valence-electron chi connectivity index (χ0n) is 63.6. The van der Waals surface area contributed by atoms with Gasteiger partial charge in [-0.25, -0.2) is 62.2 Å². The number of sulfone groups is 1. The van der Waals surface area contributed by atoms with Crippen LogP contribution in [0.3, 0.4) is 0 Å². The Balaban J connectivity index is 0.000000115. The molecule has 116 heavy (non-hydrogen) atoms. The number of fused-ring (bicyclic) bond motifs is 6. The molecule has 592 valence electrons. The van der Waals surface area contributed by atoms with Crippen LogP contribution in [0.4, 0.5) is 30.6 Å². The van der Waals surface area contributed by atoms with E-state index in [0.29, 0.717) is 83.6 Å². The highest BCUT2D eigenvalue weighted by molar-refractivity contribution is 7.92. The van der Waals surface area contributed by atoms with Crippen molar-refractivity contribution in [3.8, 4) is 33.8 Å². The number of hydrogen-bond acceptors (Lipinski definition) is 19. The third-order valence-corrected chi connectivity index (χ3v) is 23.8. The van der Waals surface area contributed by atoms with Gasteiger partial charge in [0.2, 0.25) is 0 Å². The summed E-state index contributed by atoms with van der Waals surface area (Å²) in [6, 6.07) is 45.2. The number of benzene rings is 3. The molecule has 0 bridgehead atoms. The van der Waals surface area contributed by atoms with Crippen molar-refractivity contribution in [3.05, 3.63) is 229 Å². The molecular weight excluding hydrogens is 1500 g/mol. The van der Waals surface area contributed by atoms with Gasteiger partial charge in [-0.3, -0.25) is 9.59 Å². The number of pyridine rings is 3. The zero-order valence-corrected chi connectivity index (χ0v) is 64.4. The molecule has 6 saturated carbocycles. The number of carboxylic acids is 1. The molecule has 28 nitrogen and oxygen atoms in total. The SMILES string of the molecule is CN(Cc1ccccc1)c1cc(-c2cn(C3CC3)c3ncccc23)nc2c(C(=O)N[C@@H]3C[C@@H]3F)cnn12.CN(Cc1ccccc1)c1cc(-c2cn(C3CC3)c3ncccc23)nc2c(C(=O)O)cnn12.CNc1cc(-c2cn(C3CC3)c3ncccc23)nc2c(C(=O)N[C@@H]3C[C@@H]3F)cnn12.Cc1ccc(S(=O)(=O)C2C[C@@H]2F)cc1.NO. The normalized spacial score (nSPS) is 18.4. The van der Waals surface area contributed by atoms with E-state index in [0.717, 1.165) is 128 Å². The third kappa shape index (κ3) is 15.2. The van der Waals surface area contributed by atoms with E-state index < -0.39 is 51.7 Å². The van der Waals surface area contributed by atoms with Crippen LogP contribution in [-0.2, 0) is 22.9 Å². The summed E-state index contributed by atoms with van der Waals surface area (Å²) in [5.41, 5.74) is 13.1. The molecule has 21 rings (SSSR count). The lowest BCUT2D eigenvalue weighted by Crippen LogP contribution is -2.27. The number of nitrogens with one attached hydrogen (secondary N) is 3. The number of nitrogens with two attached hydrogens (primary N) is 1. The Morgan fingerprint density at radius 2 is 0.871 bits per heavy atom. The predicted molar refractivity (Wildman–Crippen MR) is 433 cm³/mol. The second kappa shape index (κ2) is 31.1. The van der Waals surface area contributed by atoms with E-state index in [4.69, 9.17) is 20.2 Å². The first kappa shape index (κ1) is 75.7. The van der Waals surface area contributed by atoms with Crippen molar-refractivity contribution in [2.45, 2.75) is 137 Å². The van der Waals surface area contributed by atoms with E-state index in [1.807, 2.05) is 112 Å². The number of aromatic nitrogens is 15. The number of carboxylic acid groups (broad SMARTS) is 1. The van der Waals surface area contributed by atoms with Crippen molar-refractivity contribution in [2.24, 2.45) is 5.90 Å². The maximum atomic E-state index is 13.5. The molecule has 0 aliphatic heterocycles. The standard InChI is InChI=1S/C28H26FN7O.C25H22N6O2.C21H20FN7O.C10H11FO2S.H3NO/c1-34(15-17-6-3-2-4-7-17)25-13-23(21-16-35(18-9-10-18)26-19(21)8-5-11-30-26)32-27-20(14-31-36(25)27)28(37)33-24-12-22(24)29;1-29(14-16-6-3-2-4-7-16)22-12-21(28-24-19(25(32)33)13-27-31(22)24)20-15-30(17-9-10-17)23-18(20)8-5-11-26-23;1-23-18-8-16(14-10-28(11-4-5-11)19-12(14)3-2-6-24-19)26-20-13(9-25-29(18)20)21(30)27-17-7-15(17)22;1-7-2-4-8(5-3-7)14(12,13)10-6-9(10)11;1-2/h2-8,11,13-14,16,18,22,24H,9-10,12,15H2,1H3,(H,33,37);2-8,11-13,15,17H,9-10,14H2,1H3,(H,32,33);2-3,6,8-11,15,17,23H,4-5,7H2,1H3,(H,27,30);2-5,9-10H,6H2,1H3;2H,1H2/t22-,24+;;15-,17+;9-,10?;/m0.00./s1. The van der Waals surface area contributed by atoms with Crippen molar-refractivity contribution in [1.29, 1.82) is 0 Å². The summed E-state index contributed by atoms with van der Waals surface area (Å²) in [7, 11) is 2.37. The zero-order chi connectivity index (χ0) is 80.4. The topological polar surface area (TPSA) is 338 Å². The lowest BCUT2D eigenvalue weighted by Gasteiger charge is -2.21. The van der Waals surface area contributed by atoms with Crippen molar-refractivity contribution >= 4 is 95.1 Å². The van der Waals surface area contributed by atoms with Gasteiger partial charge in [0, 0.05) is 153 Å². The second-order valence-electron chi connectivity index (χ2n) is 30.1. The highest BCUT2D eigenvalue weighted by Crippen LogP contribution is 2.45. The molecule has 7 N–H and O–H groups in total. The average Bonchev–Trinajstić information content (AvgIpc) is 1.68. The molecule has 6 fully saturated rings. The summed E-state index contributed by atoms with van der Waals surface area (Å²) in [6.45, 7) is 3.18. The van der Waals surface area contributed by atoms with E-state index in [-0.39, 0.29) is 28.7 Å². The van der Waals surface area contributed by atoms with Crippen LogP contribution in [0.15, 0.2) is 200 Å². The van der Waals surface area contributed by atoms with Crippen LogP contribution < -0.4 is 31.6 Å². The first-order valence-electron chi connectivity index (χ1n) is 38.4.